The van der Waals surface area contributed by atoms with E-state index in [1.807, 2.05) is 48.5 Å². The van der Waals surface area contributed by atoms with Crippen molar-refractivity contribution >= 4 is 6.09 Å². The molecule has 0 fully saturated rings. The van der Waals surface area contributed by atoms with Gasteiger partial charge < -0.3 is 14.8 Å². The number of alkyl carbamates (subject to hydrolysis) is 1. The highest BCUT2D eigenvalue weighted by atomic mass is 16.5. The van der Waals surface area contributed by atoms with Crippen molar-refractivity contribution in [2.24, 2.45) is 0 Å². The van der Waals surface area contributed by atoms with Gasteiger partial charge in [0.25, 0.3) is 0 Å². The van der Waals surface area contributed by atoms with E-state index >= 15 is 0 Å². The summed E-state index contributed by atoms with van der Waals surface area (Å²) in [5, 5.41) is 2.69. The van der Waals surface area contributed by atoms with Crippen LogP contribution in [0.15, 0.2) is 72.8 Å². The molecule has 29 heavy (non-hydrogen) atoms. The summed E-state index contributed by atoms with van der Waals surface area (Å²) in [6.07, 6.45) is -0.471. The number of nitrogens with one attached hydrogen (secondary N) is 1. The number of carbonyl (C=O) groups excluding carboxylic acids is 1. The number of carbonyl (C=O) groups is 1. The summed E-state index contributed by atoms with van der Waals surface area (Å²) in [5.74, 6) is 6.68. The lowest BCUT2D eigenvalue weighted by molar-refractivity contribution is 0.144. The maximum absolute atomic E-state index is 12.1. The van der Waals surface area contributed by atoms with E-state index < -0.39 is 6.09 Å². The molecule has 0 unspecified atom stereocenters. The summed E-state index contributed by atoms with van der Waals surface area (Å²) in [7, 11) is 1.61. The zero-order valence-electron chi connectivity index (χ0n) is 16.1. The molecule has 1 amide bonds. The van der Waals surface area contributed by atoms with Crippen LogP contribution in [0.4, 0.5) is 4.79 Å². The van der Waals surface area contributed by atoms with E-state index in [9.17, 15) is 4.79 Å². The van der Waals surface area contributed by atoms with E-state index in [0.29, 0.717) is 12.4 Å². The van der Waals surface area contributed by atoms with Crippen LogP contribution in [0, 0.1) is 11.8 Å². The van der Waals surface area contributed by atoms with Crippen molar-refractivity contribution in [1.29, 1.82) is 0 Å². The topological polar surface area (TPSA) is 47.6 Å². The van der Waals surface area contributed by atoms with Crippen LogP contribution in [-0.4, -0.2) is 26.4 Å². The lowest BCUT2D eigenvalue weighted by Gasteiger charge is -2.14. The molecule has 0 spiro atoms. The second kappa shape index (κ2) is 8.53. The zero-order chi connectivity index (χ0) is 20.1. The van der Waals surface area contributed by atoms with Crippen LogP contribution in [0.25, 0.3) is 11.1 Å². The van der Waals surface area contributed by atoms with E-state index in [-0.39, 0.29) is 12.5 Å². The Labute approximate surface area is 170 Å². The second-order valence-electron chi connectivity index (χ2n) is 6.68. The molecule has 0 aromatic heterocycles. The third kappa shape index (κ3) is 3.95. The standard InChI is InChI=1S/C25H21NO3/c1-28-24-15-7-2-9-18(24)10-8-16-26-25(27)29-17-23-21-13-5-3-11-19(21)20-12-4-6-14-22(20)23/h2-7,9,11-15,23H,16-17H2,1H3,(H,26,27). The third-order valence-corrected chi connectivity index (χ3v) is 4.99. The highest BCUT2D eigenvalue weighted by Crippen LogP contribution is 2.44. The molecule has 0 heterocycles. The minimum absolute atomic E-state index is 0.0489. The van der Waals surface area contributed by atoms with E-state index in [4.69, 9.17) is 9.47 Å². The number of ether oxygens (including phenoxy) is 2. The lowest BCUT2D eigenvalue weighted by atomic mass is 9.98. The third-order valence-electron chi connectivity index (χ3n) is 4.99. The number of hydrogen-bond acceptors (Lipinski definition) is 3. The van der Waals surface area contributed by atoms with Gasteiger partial charge in [0.1, 0.15) is 12.4 Å². The van der Waals surface area contributed by atoms with Gasteiger partial charge in [0.05, 0.1) is 19.2 Å². The van der Waals surface area contributed by atoms with Gasteiger partial charge in [0, 0.05) is 5.92 Å². The number of fused-ring (bicyclic) bond motifs is 3. The molecule has 144 valence electrons. The number of benzene rings is 3. The van der Waals surface area contributed by atoms with Crippen molar-refractivity contribution in [3.05, 3.63) is 89.5 Å². The first kappa shape index (κ1) is 18.6. The molecule has 4 heteroatoms. The highest BCUT2D eigenvalue weighted by Gasteiger charge is 2.28. The van der Waals surface area contributed by atoms with Gasteiger partial charge >= 0.3 is 6.09 Å². The van der Waals surface area contributed by atoms with Gasteiger partial charge in [-0.1, -0.05) is 72.5 Å². The Morgan fingerprint density at radius 2 is 1.55 bits per heavy atom. The Balaban J connectivity index is 1.36. The molecule has 1 N–H and O–H groups in total. The van der Waals surface area contributed by atoms with Crippen molar-refractivity contribution in [3.8, 4) is 28.7 Å². The first-order chi connectivity index (χ1) is 14.3. The number of rotatable bonds is 4. The molecule has 0 saturated heterocycles. The quantitative estimate of drug-likeness (QED) is 0.671. The first-order valence-corrected chi connectivity index (χ1v) is 9.48. The fourth-order valence-electron chi connectivity index (χ4n) is 3.65. The monoisotopic (exact) mass is 383 g/mol. The summed E-state index contributed by atoms with van der Waals surface area (Å²) in [5.41, 5.74) is 5.58. The summed E-state index contributed by atoms with van der Waals surface area (Å²) >= 11 is 0. The van der Waals surface area contributed by atoms with Crippen molar-refractivity contribution in [2.45, 2.75) is 5.92 Å². The fourth-order valence-corrected chi connectivity index (χ4v) is 3.65. The number of para-hydroxylation sites is 1. The second-order valence-corrected chi connectivity index (χ2v) is 6.68. The molecule has 0 atom stereocenters. The average Bonchev–Trinajstić information content (AvgIpc) is 3.09. The molecule has 0 saturated carbocycles. The normalized spacial score (nSPS) is 11.6. The smallest absolute Gasteiger partial charge is 0.407 e. The molecule has 0 bridgehead atoms. The zero-order valence-corrected chi connectivity index (χ0v) is 16.1. The van der Waals surface area contributed by atoms with Crippen LogP contribution in [-0.2, 0) is 4.74 Å². The molecule has 0 radical (unpaired) electrons. The van der Waals surface area contributed by atoms with E-state index in [0.717, 1.165) is 5.56 Å². The van der Waals surface area contributed by atoms with Crippen LogP contribution in [0.2, 0.25) is 0 Å². The van der Waals surface area contributed by atoms with Gasteiger partial charge in [-0.25, -0.2) is 4.79 Å². The van der Waals surface area contributed by atoms with E-state index in [1.54, 1.807) is 7.11 Å². The Morgan fingerprint density at radius 1 is 0.931 bits per heavy atom. The van der Waals surface area contributed by atoms with Gasteiger partial charge in [-0.3, -0.25) is 0 Å². The van der Waals surface area contributed by atoms with Gasteiger partial charge in [-0.05, 0) is 34.4 Å². The SMILES string of the molecule is COc1ccccc1C#CCNC(=O)OCC1c2ccccc2-c2ccccc21. The average molecular weight is 383 g/mol. The van der Waals surface area contributed by atoms with Gasteiger partial charge in [0.15, 0.2) is 0 Å². The van der Waals surface area contributed by atoms with Gasteiger partial charge in [0.2, 0.25) is 0 Å². The van der Waals surface area contributed by atoms with Gasteiger partial charge in [-0.15, -0.1) is 0 Å². The number of hydrogen-bond donors (Lipinski definition) is 1. The lowest BCUT2D eigenvalue weighted by Crippen LogP contribution is -2.26. The van der Waals surface area contributed by atoms with Gasteiger partial charge in [-0.2, -0.15) is 0 Å². The molecule has 0 aliphatic heterocycles. The Hall–Kier alpha value is -3.71. The summed E-state index contributed by atoms with van der Waals surface area (Å²) < 4.78 is 10.8. The minimum Gasteiger partial charge on any atom is -0.495 e. The number of amides is 1. The maximum Gasteiger partial charge on any atom is 0.407 e. The van der Waals surface area contributed by atoms with Crippen molar-refractivity contribution in [3.63, 3.8) is 0 Å². The van der Waals surface area contributed by atoms with Crippen LogP contribution in [0.1, 0.15) is 22.6 Å². The molecule has 3 aromatic carbocycles. The largest absolute Gasteiger partial charge is 0.495 e. The summed E-state index contributed by atoms with van der Waals surface area (Å²) in [6.45, 7) is 0.495. The predicted molar refractivity (Wildman–Crippen MR) is 113 cm³/mol. The Kier molecular flexibility index (Phi) is 5.49. The minimum atomic E-state index is -0.471. The fraction of sp³-hybridized carbons (Fsp3) is 0.160. The van der Waals surface area contributed by atoms with Crippen LogP contribution in [0.3, 0.4) is 0 Å². The molecule has 1 aliphatic carbocycles. The summed E-state index contributed by atoms with van der Waals surface area (Å²) in [4.78, 5) is 12.1. The van der Waals surface area contributed by atoms with Crippen LogP contribution >= 0.6 is 0 Å². The summed E-state index contributed by atoms with van der Waals surface area (Å²) in [6, 6.07) is 24.0. The Morgan fingerprint density at radius 3 is 2.24 bits per heavy atom. The highest BCUT2D eigenvalue weighted by molar-refractivity contribution is 5.79. The maximum atomic E-state index is 12.1. The van der Waals surface area contributed by atoms with Crippen molar-refractivity contribution in [1.82, 2.24) is 5.32 Å². The van der Waals surface area contributed by atoms with Crippen molar-refractivity contribution in [2.75, 3.05) is 20.3 Å². The molecule has 1 aliphatic rings. The molecular weight excluding hydrogens is 362 g/mol. The van der Waals surface area contributed by atoms with E-state index in [2.05, 4.69) is 41.4 Å². The van der Waals surface area contributed by atoms with Crippen molar-refractivity contribution < 1.29 is 14.3 Å². The number of methoxy groups -OCH3 is 1. The molecular formula is C25H21NO3. The molecule has 4 rings (SSSR count). The molecule has 4 nitrogen and oxygen atoms in total. The Bertz CT molecular complexity index is 1050. The van der Waals surface area contributed by atoms with Crippen LogP contribution < -0.4 is 10.1 Å². The van der Waals surface area contributed by atoms with E-state index in [1.165, 1.54) is 22.3 Å². The van der Waals surface area contributed by atoms with Crippen LogP contribution in [0.5, 0.6) is 5.75 Å². The predicted octanol–water partition coefficient (Wildman–Crippen LogP) is 4.59. The molecule has 3 aromatic rings. The first-order valence-electron chi connectivity index (χ1n) is 9.48.